The van der Waals surface area contributed by atoms with Gasteiger partial charge in [-0.15, -0.1) is 0 Å². The van der Waals surface area contributed by atoms with Crippen molar-refractivity contribution in [3.05, 3.63) is 23.8 Å². The van der Waals surface area contributed by atoms with Gasteiger partial charge >= 0.3 is 5.97 Å². The summed E-state index contributed by atoms with van der Waals surface area (Å²) in [5, 5.41) is 30.6. The van der Waals surface area contributed by atoms with Crippen molar-refractivity contribution >= 4 is 5.97 Å². The summed E-state index contributed by atoms with van der Waals surface area (Å²) in [4.78, 5) is 11.1. The molecule has 0 bridgehead atoms. The van der Waals surface area contributed by atoms with Gasteiger partial charge in [0.15, 0.2) is 11.5 Å². The van der Waals surface area contributed by atoms with E-state index in [1.807, 2.05) is 13.8 Å². The minimum Gasteiger partial charge on any atom is -0.504 e. The summed E-state index contributed by atoms with van der Waals surface area (Å²) in [5.74, 6) is -1.01. The smallest absolute Gasteiger partial charge is 0.321 e. The van der Waals surface area contributed by atoms with Gasteiger partial charge in [0.2, 0.25) is 0 Å². The number of carboxylic acids is 1. The Kier molecular flexibility index (Phi) is 4.97. The largest absolute Gasteiger partial charge is 0.504 e. The Bertz CT molecular complexity index is 417. The number of carbonyl (C=O) groups is 1. The van der Waals surface area contributed by atoms with E-state index in [4.69, 9.17) is 5.11 Å². The van der Waals surface area contributed by atoms with E-state index in [9.17, 15) is 15.0 Å². The van der Waals surface area contributed by atoms with Gasteiger partial charge in [-0.05, 0) is 36.6 Å². The van der Waals surface area contributed by atoms with E-state index < -0.39 is 12.0 Å². The van der Waals surface area contributed by atoms with Crippen LogP contribution in [0.1, 0.15) is 19.4 Å². The zero-order chi connectivity index (χ0) is 13.7. The molecule has 5 heteroatoms. The number of carboxylic acid groups (broad SMARTS) is 1. The van der Waals surface area contributed by atoms with E-state index in [0.717, 1.165) is 0 Å². The fraction of sp³-hybridized carbons (Fsp3) is 0.462. The molecule has 100 valence electrons. The molecule has 0 saturated heterocycles. The van der Waals surface area contributed by atoms with Crippen molar-refractivity contribution < 1.29 is 20.1 Å². The molecule has 0 aromatic heterocycles. The maximum Gasteiger partial charge on any atom is 0.321 e. The molecule has 0 unspecified atom stereocenters. The van der Waals surface area contributed by atoms with Crippen LogP contribution in [0.25, 0.3) is 0 Å². The number of benzene rings is 1. The summed E-state index contributed by atoms with van der Waals surface area (Å²) in [6, 6.07) is 3.63. The first-order valence-electron chi connectivity index (χ1n) is 5.87. The van der Waals surface area contributed by atoms with E-state index in [1.165, 1.54) is 12.1 Å². The summed E-state index contributed by atoms with van der Waals surface area (Å²) in [7, 11) is 0. The van der Waals surface area contributed by atoms with E-state index in [2.05, 4.69) is 5.32 Å². The summed E-state index contributed by atoms with van der Waals surface area (Å²) >= 11 is 0. The van der Waals surface area contributed by atoms with Crippen LogP contribution in [0.3, 0.4) is 0 Å². The predicted molar refractivity (Wildman–Crippen MR) is 67.7 cm³/mol. The van der Waals surface area contributed by atoms with Crippen molar-refractivity contribution in [2.45, 2.75) is 26.3 Å². The molecule has 18 heavy (non-hydrogen) atoms. The molecule has 0 spiro atoms. The molecule has 0 aliphatic rings. The Morgan fingerprint density at radius 2 is 1.94 bits per heavy atom. The SMILES string of the molecule is CC(C)CN[C@@H](Cc1ccc(O)c(O)c1)C(=O)O. The molecule has 0 radical (unpaired) electrons. The van der Waals surface area contributed by atoms with Gasteiger partial charge in [0.05, 0.1) is 0 Å². The van der Waals surface area contributed by atoms with Crippen molar-refractivity contribution in [2.75, 3.05) is 6.54 Å². The molecule has 1 rings (SSSR count). The van der Waals surface area contributed by atoms with E-state index in [0.29, 0.717) is 18.0 Å². The first-order valence-corrected chi connectivity index (χ1v) is 5.87. The molecule has 1 aromatic carbocycles. The molecule has 0 aliphatic carbocycles. The van der Waals surface area contributed by atoms with Gasteiger partial charge in [-0.3, -0.25) is 4.79 Å². The van der Waals surface area contributed by atoms with Crippen LogP contribution in [-0.4, -0.2) is 33.9 Å². The second-order valence-corrected chi connectivity index (χ2v) is 4.72. The lowest BCUT2D eigenvalue weighted by Crippen LogP contribution is -2.40. The normalized spacial score (nSPS) is 12.6. The maximum absolute atomic E-state index is 11.1. The summed E-state index contributed by atoms with van der Waals surface area (Å²) in [6.07, 6.45) is 0.260. The topological polar surface area (TPSA) is 89.8 Å². The number of aromatic hydroxyl groups is 2. The molecule has 0 heterocycles. The van der Waals surface area contributed by atoms with Crippen molar-refractivity contribution in [2.24, 2.45) is 5.92 Å². The van der Waals surface area contributed by atoms with Crippen LogP contribution in [0.15, 0.2) is 18.2 Å². The van der Waals surface area contributed by atoms with Gasteiger partial charge in [-0.2, -0.15) is 0 Å². The van der Waals surface area contributed by atoms with Crippen LogP contribution in [-0.2, 0) is 11.2 Å². The van der Waals surface area contributed by atoms with Gasteiger partial charge in [0.25, 0.3) is 0 Å². The molecule has 4 N–H and O–H groups in total. The Morgan fingerprint density at radius 3 is 2.44 bits per heavy atom. The Morgan fingerprint density at radius 1 is 1.28 bits per heavy atom. The number of rotatable bonds is 6. The number of phenols is 2. The van der Waals surface area contributed by atoms with Gasteiger partial charge in [0.1, 0.15) is 6.04 Å². The third kappa shape index (κ3) is 4.25. The fourth-order valence-electron chi connectivity index (χ4n) is 1.56. The number of hydrogen-bond donors (Lipinski definition) is 4. The zero-order valence-electron chi connectivity index (χ0n) is 10.6. The number of phenolic OH excluding ortho intramolecular Hbond substituents is 2. The highest BCUT2D eigenvalue weighted by molar-refractivity contribution is 5.74. The van der Waals surface area contributed by atoms with Crippen molar-refractivity contribution in [3.63, 3.8) is 0 Å². The van der Waals surface area contributed by atoms with Crippen LogP contribution in [0.5, 0.6) is 11.5 Å². The number of nitrogens with one attached hydrogen (secondary N) is 1. The van der Waals surface area contributed by atoms with Gasteiger partial charge in [-0.25, -0.2) is 0 Å². The summed E-state index contributed by atoms with van der Waals surface area (Å²) in [6.45, 7) is 4.61. The van der Waals surface area contributed by atoms with Gasteiger partial charge < -0.3 is 20.6 Å². The lowest BCUT2D eigenvalue weighted by molar-refractivity contribution is -0.139. The lowest BCUT2D eigenvalue weighted by atomic mass is 10.0. The molecule has 0 amide bonds. The average molecular weight is 253 g/mol. The quantitative estimate of drug-likeness (QED) is 0.574. The van der Waals surface area contributed by atoms with E-state index in [1.54, 1.807) is 6.07 Å². The highest BCUT2D eigenvalue weighted by atomic mass is 16.4. The monoisotopic (exact) mass is 253 g/mol. The van der Waals surface area contributed by atoms with Crippen LogP contribution in [0.2, 0.25) is 0 Å². The zero-order valence-corrected chi connectivity index (χ0v) is 10.6. The predicted octanol–water partition coefficient (Wildman–Crippen LogP) is 1.34. The van der Waals surface area contributed by atoms with Crippen LogP contribution in [0, 0.1) is 5.92 Å². The third-order valence-corrected chi connectivity index (χ3v) is 2.55. The molecule has 1 aromatic rings. The second kappa shape index (κ2) is 6.26. The maximum atomic E-state index is 11.1. The molecular formula is C13H19NO4. The average Bonchev–Trinajstić information content (AvgIpc) is 2.28. The molecule has 0 saturated carbocycles. The molecular weight excluding hydrogens is 234 g/mol. The standard InChI is InChI=1S/C13H19NO4/c1-8(2)7-14-10(13(17)18)5-9-3-4-11(15)12(16)6-9/h3-4,6,8,10,14-16H,5,7H2,1-2H3,(H,17,18)/t10-/m0/s1. The third-order valence-electron chi connectivity index (χ3n) is 2.55. The minimum absolute atomic E-state index is 0.208. The Balaban J connectivity index is 2.70. The summed E-state index contributed by atoms with van der Waals surface area (Å²) < 4.78 is 0. The summed E-state index contributed by atoms with van der Waals surface area (Å²) in [5.41, 5.74) is 0.661. The minimum atomic E-state index is -0.928. The van der Waals surface area contributed by atoms with Crippen molar-refractivity contribution in [1.29, 1.82) is 0 Å². The fourth-order valence-corrected chi connectivity index (χ4v) is 1.56. The van der Waals surface area contributed by atoms with Crippen LogP contribution >= 0.6 is 0 Å². The lowest BCUT2D eigenvalue weighted by Gasteiger charge is -2.16. The van der Waals surface area contributed by atoms with Crippen LogP contribution in [0.4, 0.5) is 0 Å². The molecule has 0 aliphatic heterocycles. The van der Waals surface area contributed by atoms with Gasteiger partial charge in [0, 0.05) is 0 Å². The molecule has 5 nitrogen and oxygen atoms in total. The highest BCUT2D eigenvalue weighted by Gasteiger charge is 2.18. The van der Waals surface area contributed by atoms with E-state index in [-0.39, 0.29) is 17.9 Å². The molecule has 1 atom stereocenters. The number of hydrogen-bond acceptors (Lipinski definition) is 4. The Hall–Kier alpha value is -1.75. The molecule has 0 fully saturated rings. The first kappa shape index (κ1) is 14.3. The number of aliphatic carboxylic acids is 1. The van der Waals surface area contributed by atoms with Gasteiger partial charge in [-0.1, -0.05) is 19.9 Å². The van der Waals surface area contributed by atoms with Crippen LogP contribution < -0.4 is 5.32 Å². The Labute approximate surface area is 106 Å². The van der Waals surface area contributed by atoms with Crippen molar-refractivity contribution in [3.8, 4) is 11.5 Å². The second-order valence-electron chi connectivity index (χ2n) is 4.72. The first-order chi connectivity index (χ1) is 8.40. The van der Waals surface area contributed by atoms with E-state index >= 15 is 0 Å². The highest BCUT2D eigenvalue weighted by Crippen LogP contribution is 2.25. The van der Waals surface area contributed by atoms with Crippen molar-refractivity contribution in [1.82, 2.24) is 5.32 Å².